The summed E-state index contributed by atoms with van der Waals surface area (Å²) in [6, 6.07) is 34.1. The number of carbonyl (C=O) groups excluding carboxylic acids is 1. The average molecular weight is 752 g/mol. The molecule has 0 atom stereocenters. The summed E-state index contributed by atoms with van der Waals surface area (Å²) in [4.78, 5) is 35.2. The van der Waals surface area contributed by atoms with Crippen LogP contribution in [-0.4, -0.2) is 54.6 Å². The van der Waals surface area contributed by atoms with Crippen LogP contribution in [0.3, 0.4) is 0 Å². The summed E-state index contributed by atoms with van der Waals surface area (Å²) >= 11 is 6.26. The van der Waals surface area contributed by atoms with Gasteiger partial charge in [-0.25, -0.2) is 19.9 Å². The molecule has 0 saturated carbocycles. The van der Waals surface area contributed by atoms with Gasteiger partial charge in [0, 0.05) is 40.0 Å². The molecular formula is C44H38ClN5O5. The van der Waals surface area contributed by atoms with Crippen molar-refractivity contribution in [3.63, 3.8) is 0 Å². The zero-order chi connectivity index (χ0) is 38.3. The molecule has 3 heterocycles. The Bertz CT molecular complexity index is 2340. The lowest BCUT2D eigenvalue weighted by atomic mass is 10.1. The minimum Gasteiger partial charge on any atom is -0.493 e. The molecule has 0 aliphatic carbocycles. The first-order valence-electron chi connectivity index (χ1n) is 17.7. The van der Waals surface area contributed by atoms with Gasteiger partial charge in [0.05, 0.1) is 39.3 Å². The maximum atomic E-state index is 14.5. The number of carbonyl (C=O) groups is 1. The smallest absolute Gasteiger partial charge is 0.285 e. The second kappa shape index (κ2) is 16.7. The van der Waals surface area contributed by atoms with Crippen LogP contribution in [0.1, 0.15) is 29.3 Å². The zero-order valence-corrected chi connectivity index (χ0v) is 31.6. The van der Waals surface area contributed by atoms with Gasteiger partial charge >= 0.3 is 0 Å². The van der Waals surface area contributed by atoms with Gasteiger partial charge in [0.1, 0.15) is 11.4 Å². The molecule has 0 unspecified atom stereocenters. The van der Waals surface area contributed by atoms with E-state index in [9.17, 15) is 4.79 Å². The molecule has 4 aromatic carbocycles. The molecule has 0 N–H and O–H groups in total. The van der Waals surface area contributed by atoms with E-state index < -0.39 is 5.91 Å². The third-order valence-electron chi connectivity index (χ3n) is 9.01. The Balaban J connectivity index is 1.26. The quantitative estimate of drug-likeness (QED) is 0.108. The van der Waals surface area contributed by atoms with Crippen molar-refractivity contribution in [2.24, 2.45) is 4.99 Å². The van der Waals surface area contributed by atoms with Crippen molar-refractivity contribution in [3.8, 4) is 45.5 Å². The molecule has 0 spiro atoms. The van der Waals surface area contributed by atoms with E-state index in [2.05, 4.69) is 18.0 Å². The van der Waals surface area contributed by atoms with Gasteiger partial charge in [0.15, 0.2) is 17.3 Å². The number of hydrogen-bond acceptors (Lipinski definition) is 9. The molecule has 7 rings (SSSR count). The highest BCUT2D eigenvalue weighted by Gasteiger charge is 2.35. The third kappa shape index (κ3) is 8.19. The number of nitrogens with zero attached hydrogens (tertiary/aromatic N) is 5. The van der Waals surface area contributed by atoms with E-state index in [-0.39, 0.29) is 11.6 Å². The maximum Gasteiger partial charge on any atom is 0.285 e. The SMILES string of the molecule is CCc1ccc(CCOc2ccc(-c3cc(-c4ccc(Cl)cc4)nc(N4C(=O)/C(=C/c5cc(OC)c(OC)c(OC)c5)N=C4c4ccccc4)n3)cc2)nc1. The summed E-state index contributed by atoms with van der Waals surface area (Å²) < 4.78 is 22.7. The summed E-state index contributed by atoms with van der Waals surface area (Å²) in [6.45, 7) is 2.60. The zero-order valence-electron chi connectivity index (χ0n) is 30.8. The van der Waals surface area contributed by atoms with Gasteiger partial charge in [-0.15, -0.1) is 0 Å². The first kappa shape index (κ1) is 36.8. The maximum absolute atomic E-state index is 14.5. The highest BCUT2D eigenvalue weighted by Crippen LogP contribution is 2.39. The van der Waals surface area contributed by atoms with E-state index in [1.807, 2.05) is 85.1 Å². The summed E-state index contributed by atoms with van der Waals surface area (Å²) in [7, 11) is 4.61. The van der Waals surface area contributed by atoms with Crippen LogP contribution in [0, 0.1) is 0 Å². The number of aryl methyl sites for hydroxylation is 1. The monoisotopic (exact) mass is 751 g/mol. The Labute approximate surface area is 324 Å². The molecule has 0 bridgehead atoms. The number of anilines is 1. The van der Waals surface area contributed by atoms with Crippen molar-refractivity contribution in [1.29, 1.82) is 0 Å². The van der Waals surface area contributed by atoms with Gasteiger partial charge in [0.2, 0.25) is 11.7 Å². The lowest BCUT2D eigenvalue weighted by molar-refractivity contribution is -0.113. The van der Waals surface area contributed by atoms with Crippen molar-refractivity contribution >= 4 is 35.4 Å². The van der Waals surface area contributed by atoms with Gasteiger partial charge in [-0.05, 0) is 84.3 Å². The molecule has 6 aromatic rings. The number of ether oxygens (including phenoxy) is 4. The molecule has 55 heavy (non-hydrogen) atoms. The number of hydrogen-bond donors (Lipinski definition) is 0. The second-order valence-electron chi connectivity index (χ2n) is 12.5. The van der Waals surface area contributed by atoms with Crippen LogP contribution in [-0.2, 0) is 17.6 Å². The third-order valence-corrected chi connectivity index (χ3v) is 9.26. The van der Waals surface area contributed by atoms with Gasteiger partial charge in [-0.2, -0.15) is 0 Å². The standard InChI is InChI=1S/C44H38ClN5O5/c1-5-28-11-18-34(46-27-28)21-22-55-35-19-14-31(15-20-35)37-26-36(30-12-16-33(45)17-13-30)48-44(49-37)50-42(32-9-7-6-8-10-32)47-38(43(50)51)23-29-24-39(52-2)41(54-4)40(25-29)53-3/h6-20,23-27H,5,21-22H2,1-4H3/b38-23-. The highest BCUT2D eigenvalue weighted by molar-refractivity contribution is 6.32. The van der Waals surface area contributed by atoms with Crippen LogP contribution >= 0.6 is 11.6 Å². The lowest BCUT2D eigenvalue weighted by Gasteiger charge is -2.18. The highest BCUT2D eigenvalue weighted by atomic mass is 35.5. The van der Waals surface area contributed by atoms with Crippen molar-refractivity contribution in [2.45, 2.75) is 19.8 Å². The summed E-state index contributed by atoms with van der Waals surface area (Å²) in [5.74, 6) is 2.18. The Morgan fingerprint density at radius 3 is 1.98 bits per heavy atom. The number of benzene rings is 4. The van der Waals surface area contributed by atoms with Crippen LogP contribution in [0.15, 0.2) is 126 Å². The van der Waals surface area contributed by atoms with Crippen molar-refractivity contribution in [1.82, 2.24) is 15.0 Å². The van der Waals surface area contributed by atoms with Crippen LogP contribution in [0.2, 0.25) is 5.02 Å². The first-order chi connectivity index (χ1) is 26.9. The number of rotatable bonds is 13. The Morgan fingerprint density at radius 1 is 0.745 bits per heavy atom. The number of amides is 1. The molecule has 1 amide bonds. The van der Waals surface area contributed by atoms with E-state index in [1.54, 1.807) is 30.3 Å². The topological polar surface area (TPSA) is 108 Å². The van der Waals surface area contributed by atoms with Crippen molar-refractivity contribution in [3.05, 3.63) is 148 Å². The summed E-state index contributed by atoms with van der Waals surface area (Å²) in [6.07, 6.45) is 5.23. The molecule has 2 aromatic heterocycles. The Kier molecular flexibility index (Phi) is 11.1. The lowest BCUT2D eigenvalue weighted by Crippen LogP contribution is -2.34. The van der Waals surface area contributed by atoms with Gasteiger partial charge in [-0.3, -0.25) is 9.78 Å². The molecule has 1 aliphatic heterocycles. The van der Waals surface area contributed by atoms with Gasteiger partial charge in [0.25, 0.3) is 5.91 Å². The largest absolute Gasteiger partial charge is 0.493 e. The normalized spacial score (nSPS) is 13.2. The Morgan fingerprint density at radius 2 is 1.40 bits per heavy atom. The fourth-order valence-electron chi connectivity index (χ4n) is 6.08. The van der Waals surface area contributed by atoms with Crippen LogP contribution in [0.4, 0.5) is 5.95 Å². The summed E-state index contributed by atoms with van der Waals surface area (Å²) in [5.41, 5.74) is 6.50. The number of halogens is 1. The number of aliphatic imine (C=N–C) groups is 1. The average Bonchev–Trinajstić information content (AvgIpc) is 3.56. The summed E-state index contributed by atoms with van der Waals surface area (Å²) in [5, 5.41) is 0.595. The van der Waals surface area contributed by atoms with E-state index in [1.165, 1.54) is 31.8 Å². The van der Waals surface area contributed by atoms with Gasteiger partial charge in [-0.1, -0.05) is 67.1 Å². The van der Waals surface area contributed by atoms with Crippen LogP contribution < -0.4 is 23.8 Å². The molecule has 0 radical (unpaired) electrons. The number of amidine groups is 1. The van der Waals surface area contributed by atoms with Gasteiger partial charge < -0.3 is 18.9 Å². The molecule has 10 nitrogen and oxygen atoms in total. The minimum atomic E-state index is -0.408. The first-order valence-corrected chi connectivity index (χ1v) is 18.1. The number of aromatic nitrogens is 3. The van der Waals surface area contributed by atoms with Crippen molar-refractivity contribution in [2.75, 3.05) is 32.8 Å². The minimum absolute atomic E-state index is 0.158. The van der Waals surface area contributed by atoms with E-state index >= 15 is 0 Å². The fourth-order valence-corrected chi connectivity index (χ4v) is 6.21. The molecule has 1 aliphatic rings. The van der Waals surface area contributed by atoms with Crippen LogP contribution in [0.5, 0.6) is 23.0 Å². The van der Waals surface area contributed by atoms with Crippen LogP contribution in [0.25, 0.3) is 28.6 Å². The molecule has 11 heteroatoms. The predicted molar refractivity (Wildman–Crippen MR) is 215 cm³/mol. The molecular weight excluding hydrogens is 714 g/mol. The van der Waals surface area contributed by atoms with Crippen molar-refractivity contribution < 1.29 is 23.7 Å². The van der Waals surface area contributed by atoms with E-state index in [0.717, 1.165) is 29.0 Å². The number of methoxy groups -OCH3 is 3. The molecule has 276 valence electrons. The molecule has 0 fully saturated rings. The predicted octanol–water partition coefficient (Wildman–Crippen LogP) is 8.90. The second-order valence-corrected chi connectivity index (χ2v) is 12.9. The van der Waals surface area contributed by atoms with E-state index in [4.69, 9.17) is 45.5 Å². The molecule has 0 saturated heterocycles. The Hall–Kier alpha value is -6.52. The number of pyridine rings is 1. The fraction of sp³-hybridized carbons (Fsp3) is 0.159. The van der Waals surface area contributed by atoms with E-state index in [0.29, 0.717) is 63.6 Å².